The third-order valence-corrected chi connectivity index (χ3v) is 7.33. The molecule has 173 valence electrons. The first-order chi connectivity index (χ1) is 16.2. The lowest BCUT2D eigenvalue weighted by Gasteiger charge is -2.34. The zero-order valence-corrected chi connectivity index (χ0v) is 20.4. The van der Waals surface area contributed by atoms with E-state index in [4.69, 9.17) is 27.7 Å². The summed E-state index contributed by atoms with van der Waals surface area (Å²) in [5, 5.41) is 5.02. The minimum atomic E-state index is -1.58. The molecule has 8 nitrogen and oxygen atoms in total. The summed E-state index contributed by atoms with van der Waals surface area (Å²) < 4.78 is 19.1. The van der Waals surface area contributed by atoms with Crippen molar-refractivity contribution < 1.29 is 13.9 Å². The molecule has 0 saturated carbocycles. The third kappa shape index (κ3) is 3.88. The number of carbonyl (C=O) groups excluding carboxylic acids is 1. The zero-order chi connectivity index (χ0) is 24.1. The number of rotatable bonds is 3. The summed E-state index contributed by atoms with van der Waals surface area (Å²) >= 11 is 10.5. The lowest BCUT2D eigenvalue weighted by atomic mass is 9.98. The Balaban J connectivity index is 1.58. The molecular weight excluding hydrogens is 499 g/mol. The molecular formula is C23H17Cl2N4O4S. The second-order valence-corrected chi connectivity index (χ2v) is 10.1. The summed E-state index contributed by atoms with van der Waals surface area (Å²) in [5.74, 6) is -0.256. The van der Waals surface area contributed by atoms with Crippen molar-refractivity contribution in [1.82, 2.24) is 19.6 Å². The van der Waals surface area contributed by atoms with Gasteiger partial charge in [-0.3, -0.25) is 9.59 Å². The van der Waals surface area contributed by atoms with Crippen LogP contribution in [0.25, 0.3) is 16.7 Å². The van der Waals surface area contributed by atoms with E-state index >= 15 is 0 Å². The van der Waals surface area contributed by atoms with Crippen LogP contribution in [0.3, 0.4) is 0 Å². The number of halogens is 2. The number of hydrogen-bond acceptors (Lipinski definition) is 6. The Bertz CT molecular complexity index is 1500. The van der Waals surface area contributed by atoms with Gasteiger partial charge in [-0.05, 0) is 43.7 Å². The number of carbonyl (C=O) groups is 1. The quantitative estimate of drug-likeness (QED) is 0.303. The maximum absolute atomic E-state index is 13.6. The van der Waals surface area contributed by atoms with Gasteiger partial charge in [0, 0.05) is 34.4 Å². The molecule has 1 unspecified atom stereocenters. The van der Waals surface area contributed by atoms with Gasteiger partial charge in [-0.2, -0.15) is 4.98 Å². The molecule has 0 N–H and O–H groups in total. The first kappa shape index (κ1) is 22.9. The average Bonchev–Trinajstić information content (AvgIpc) is 3.28. The fourth-order valence-corrected chi connectivity index (χ4v) is 5.05. The fourth-order valence-electron chi connectivity index (χ4n) is 4.06. The van der Waals surface area contributed by atoms with Gasteiger partial charge in [0.05, 0.1) is 33.4 Å². The molecule has 0 fully saturated rings. The van der Waals surface area contributed by atoms with Crippen molar-refractivity contribution in [1.29, 1.82) is 0 Å². The summed E-state index contributed by atoms with van der Waals surface area (Å²) in [7, 11) is 0. The molecule has 1 amide bonds. The Hall–Kier alpha value is -2.85. The monoisotopic (exact) mass is 515 g/mol. The SMILES string of the molecule is C[C@@H]1Cc2c(nc([S+](C)[O-])n(-c3ccc4[c]noc4c3)c2=O)CN1C(=O)c1ccc(Cl)c(Cl)c1. The van der Waals surface area contributed by atoms with Crippen LogP contribution in [-0.2, 0) is 24.1 Å². The molecule has 0 bridgehead atoms. The number of hydrogen-bond donors (Lipinski definition) is 0. The summed E-state index contributed by atoms with van der Waals surface area (Å²) in [5.41, 5.74) is 1.86. The first-order valence-electron chi connectivity index (χ1n) is 10.3. The predicted molar refractivity (Wildman–Crippen MR) is 128 cm³/mol. The van der Waals surface area contributed by atoms with Crippen LogP contribution >= 0.6 is 23.2 Å². The predicted octanol–water partition coefficient (Wildman–Crippen LogP) is 3.81. The maximum atomic E-state index is 13.6. The van der Waals surface area contributed by atoms with Gasteiger partial charge in [0.25, 0.3) is 11.5 Å². The molecule has 11 heteroatoms. The van der Waals surface area contributed by atoms with E-state index in [9.17, 15) is 14.1 Å². The highest BCUT2D eigenvalue weighted by Gasteiger charge is 2.33. The highest BCUT2D eigenvalue weighted by molar-refractivity contribution is 7.90. The van der Waals surface area contributed by atoms with Crippen molar-refractivity contribution in [3.05, 3.63) is 79.8 Å². The second kappa shape index (κ2) is 8.74. The fraction of sp³-hybridized carbons (Fsp3) is 0.217. The summed E-state index contributed by atoms with van der Waals surface area (Å²) in [6.45, 7) is 1.97. The Labute approximate surface area is 207 Å². The largest absolute Gasteiger partial charge is 0.609 e. The van der Waals surface area contributed by atoms with Gasteiger partial charge in [0.15, 0.2) is 5.58 Å². The van der Waals surface area contributed by atoms with E-state index in [1.54, 1.807) is 35.2 Å². The van der Waals surface area contributed by atoms with E-state index in [2.05, 4.69) is 16.3 Å². The van der Waals surface area contributed by atoms with Crippen molar-refractivity contribution in [3.63, 3.8) is 0 Å². The van der Waals surface area contributed by atoms with Crippen LogP contribution in [0.1, 0.15) is 28.5 Å². The normalized spacial score (nSPS) is 16.5. The molecule has 34 heavy (non-hydrogen) atoms. The number of amides is 1. The van der Waals surface area contributed by atoms with Crippen LogP contribution in [0, 0.1) is 6.20 Å². The highest BCUT2D eigenvalue weighted by Crippen LogP contribution is 2.28. The minimum Gasteiger partial charge on any atom is -0.609 e. The molecule has 1 aliphatic rings. The van der Waals surface area contributed by atoms with E-state index in [-0.39, 0.29) is 34.2 Å². The van der Waals surface area contributed by atoms with Crippen LogP contribution in [0.5, 0.6) is 0 Å². The summed E-state index contributed by atoms with van der Waals surface area (Å²) in [6.07, 6.45) is 4.46. The highest BCUT2D eigenvalue weighted by atomic mass is 35.5. The van der Waals surface area contributed by atoms with Crippen molar-refractivity contribution in [3.8, 4) is 5.69 Å². The van der Waals surface area contributed by atoms with E-state index in [0.29, 0.717) is 44.9 Å². The van der Waals surface area contributed by atoms with Crippen LogP contribution in [0.4, 0.5) is 0 Å². The van der Waals surface area contributed by atoms with Crippen LogP contribution in [-0.4, -0.2) is 42.4 Å². The Morgan fingerprint density at radius 2 is 2.03 bits per heavy atom. The molecule has 2 aromatic carbocycles. The van der Waals surface area contributed by atoms with Gasteiger partial charge in [-0.25, -0.2) is 4.57 Å². The van der Waals surface area contributed by atoms with E-state index < -0.39 is 11.2 Å². The number of nitrogens with zero attached hydrogens (tertiary/aromatic N) is 4. The van der Waals surface area contributed by atoms with Gasteiger partial charge >= 0.3 is 5.16 Å². The third-order valence-electron chi connectivity index (χ3n) is 5.80. The van der Waals surface area contributed by atoms with Gasteiger partial charge < -0.3 is 14.0 Å². The molecule has 0 spiro atoms. The lowest BCUT2D eigenvalue weighted by molar-refractivity contribution is 0.0652. The van der Waals surface area contributed by atoms with Crippen molar-refractivity contribution >= 4 is 51.3 Å². The maximum Gasteiger partial charge on any atom is 0.330 e. The van der Waals surface area contributed by atoms with E-state index in [1.807, 2.05) is 6.92 Å². The number of benzene rings is 2. The van der Waals surface area contributed by atoms with Crippen LogP contribution in [0.2, 0.25) is 10.0 Å². The average molecular weight is 516 g/mol. The standard InChI is InChI=1S/C23H17Cl2N4O4S/c1-12-7-16-19(11-28(12)21(30)13-4-6-17(24)18(25)8-13)27-23(34(2)32)29(22(16)31)15-5-3-14-10-26-33-20(14)9-15/h3-6,8-9,12H,7,11H2,1-2H3/t12-,34?/m1/s1. The number of aromatic nitrogens is 3. The molecule has 1 aliphatic heterocycles. The molecule has 2 aromatic heterocycles. The smallest absolute Gasteiger partial charge is 0.330 e. The van der Waals surface area contributed by atoms with Crippen molar-refractivity contribution in [2.75, 3.05) is 6.26 Å². The van der Waals surface area contributed by atoms with Crippen LogP contribution < -0.4 is 5.56 Å². The molecule has 5 rings (SSSR count). The Morgan fingerprint density at radius 3 is 2.76 bits per heavy atom. The molecule has 1 radical (unpaired) electrons. The number of fused-ring (bicyclic) bond motifs is 2. The Kier molecular flexibility index (Phi) is 5.89. The summed E-state index contributed by atoms with van der Waals surface area (Å²) in [4.78, 5) is 33.0. The van der Waals surface area contributed by atoms with E-state index in [1.165, 1.54) is 16.9 Å². The molecule has 4 aromatic rings. The zero-order valence-electron chi connectivity index (χ0n) is 18.0. The van der Waals surface area contributed by atoms with Crippen molar-refractivity contribution in [2.24, 2.45) is 0 Å². The second-order valence-electron chi connectivity index (χ2n) is 8.00. The van der Waals surface area contributed by atoms with Gasteiger partial charge in [0.1, 0.15) is 12.5 Å². The summed E-state index contributed by atoms with van der Waals surface area (Å²) in [6, 6.07) is 9.47. The van der Waals surface area contributed by atoms with Gasteiger partial charge in [0.2, 0.25) is 0 Å². The molecule has 0 aliphatic carbocycles. The first-order valence-corrected chi connectivity index (χ1v) is 12.6. The van der Waals surface area contributed by atoms with E-state index in [0.717, 1.165) is 0 Å². The van der Waals surface area contributed by atoms with Crippen LogP contribution in [0.15, 0.2) is 50.9 Å². The van der Waals surface area contributed by atoms with Gasteiger partial charge in [-0.15, -0.1) is 0 Å². The molecule has 0 saturated heterocycles. The van der Waals surface area contributed by atoms with Crippen molar-refractivity contribution in [2.45, 2.75) is 31.1 Å². The minimum absolute atomic E-state index is 0.0862. The Morgan fingerprint density at radius 1 is 1.24 bits per heavy atom. The molecule has 2 atom stereocenters. The molecule has 3 heterocycles. The van der Waals surface area contributed by atoms with Gasteiger partial charge in [-0.1, -0.05) is 28.4 Å². The lowest BCUT2D eigenvalue weighted by Crippen LogP contribution is -2.46. The topological polar surface area (TPSA) is 104 Å².